The number of benzene rings is 2. The molecule has 2 aromatic rings. The van der Waals surface area contributed by atoms with Crippen molar-refractivity contribution < 1.29 is 9.53 Å². The minimum absolute atomic E-state index is 0.0203. The quantitative estimate of drug-likeness (QED) is 0.764. The molecule has 1 heterocycles. The third-order valence-electron chi connectivity index (χ3n) is 5.11. The van der Waals surface area contributed by atoms with Crippen molar-refractivity contribution in [1.82, 2.24) is 9.80 Å². The van der Waals surface area contributed by atoms with Gasteiger partial charge < -0.3 is 10.1 Å². The van der Waals surface area contributed by atoms with Crippen molar-refractivity contribution in [2.24, 2.45) is 0 Å². The second-order valence-corrected chi connectivity index (χ2v) is 7.44. The zero-order valence-electron chi connectivity index (χ0n) is 16.5. The van der Waals surface area contributed by atoms with Crippen LogP contribution in [0.1, 0.15) is 19.4 Å². The first-order valence-electron chi connectivity index (χ1n) is 9.80. The van der Waals surface area contributed by atoms with Crippen molar-refractivity contribution >= 4 is 23.2 Å². The Morgan fingerprint density at radius 3 is 2.43 bits per heavy atom. The topological polar surface area (TPSA) is 44.8 Å². The largest absolute Gasteiger partial charge is 0.494 e. The molecule has 0 saturated carbocycles. The first-order chi connectivity index (χ1) is 13.6. The summed E-state index contributed by atoms with van der Waals surface area (Å²) in [7, 11) is 0. The summed E-state index contributed by atoms with van der Waals surface area (Å²) in [6.07, 6.45) is 0. The predicted molar refractivity (Wildman–Crippen MR) is 114 cm³/mol. The highest BCUT2D eigenvalue weighted by atomic mass is 35.5. The fourth-order valence-corrected chi connectivity index (χ4v) is 3.57. The summed E-state index contributed by atoms with van der Waals surface area (Å²) < 4.78 is 5.50. The molecule has 1 amide bonds. The summed E-state index contributed by atoms with van der Waals surface area (Å²) >= 11 is 6.14. The van der Waals surface area contributed by atoms with E-state index >= 15 is 0 Å². The van der Waals surface area contributed by atoms with Crippen molar-refractivity contribution in [1.29, 1.82) is 0 Å². The number of amides is 1. The SMILES string of the molecule is CCOc1ccc(CN2CCN(C(C)C(=O)Nc3ccccc3Cl)CC2)cc1. The van der Waals surface area contributed by atoms with Crippen LogP contribution >= 0.6 is 11.6 Å². The highest BCUT2D eigenvalue weighted by molar-refractivity contribution is 6.33. The molecule has 3 rings (SSSR count). The Balaban J connectivity index is 1.47. The lowest BCUT2D eigenvalue weighted by Gasteiger charge is -2.37. The van der Waals surface area contributed by atoms with E-state index in [2.05, 4.69) is 27.2 Å². The smallest absolute Gasteiger partial charge is 0.241 e. The molecule has 2 aromatic carbocycles. The van der Waals surface area contributed by atoms with Crippen molar-refractivity contribution in [3.63, 3.8) is 0 Å². The van der Waals surface area contributed by atoms with Crippen LogP contribution < -0.4 is 10.1 Å². The van der Waals surface area contributed by atoms with Crippen molar-refractivity contribution in [2.75, 3.05) is 38.1 Å². The van der Waals surface area contributed by atoms with Crippen molar-refractivity contribution in [3.05, 3.63) is 59.1 Å². The summed E-state index contributed by atoms with van der Waals surface area (Å²) in [6.45, 7) is 9.16. The number of piperazine rings is 1. The van der Waals surface area contributed by atoms with E-state index in [0.29, 0.717) is 17.3 Å². The Hall–Kier alpha value is -2.08. The van der Waals surface area contributed by atoms with Crippen molar-refractivity contribution in [2.45, 2.75) is 26.4 Å². The normalized spacial score (nSPS) is 16.5. The maximum Gasteiger partial charge on any atom is 0.241 e. The van der Waals surface area contributed by atoms with Gasteiger partial charge >= 0.3 is 0 Å². The molecule has 0 aliphatic carbocycles. The molecule has 28 heavy (non-hydrogen) atoms. The molecule has 0 bridgehead atoms. The van der Waals surface area contributed by atoms with Crippen molar-refractivity contribution in [3.8, 4) is 5.75 Å². The number of carbonyl (C=O) groups excluding carboxylic acids is 1. The fraction of sp³-hybridized carbons (Fsp3) is 0.409. The Labute approximate surface area is 172 Å². The minimum atomic E-state index is -0.191. The second kappa shape index (κ2) is 9.92. The van der Waals surface area contributed by atoms with E-state index in [1.807, 2.05) is 44.2 Å². The van der Waals surface area contributed by atoms with Gasteiger partial charge in [-0.05, 0) is 43.7 Å². The molecule has 6 heteroatoms. The molecule has 1 N–H and O–H groups in total. The number of nitrogens with zero attached hydrogens (tertiary/aromatic N) is 2. The van der Waals surface area contributed by atoms with E-state index in [1.165, 1.54) is 5.56 Å². The molecule has 0 aromatic heterocycles. The third-order valence-corrected chi connectivity index (χ3v) is 5.44. The number of nitrogens with one attached hydrogen (secondary N) is 1. The van der Waals surface area contributed by atoms with Crippen LogP contribution in [0.3, 0.4) is 0 Å². The van der Waals surface area contributed by atoms with Gasteiger partial charge in [0.15, 0.2) is 0 Å². The van der Waals surface area contributed by atoms with Gasteiger partial charge in [-0.3, -0.25) is 14.6 Å². The molecular formula is C22H28ClN3O2. The van der Waals surface area contributed by atoms with E-state index < -0.39 is 0 Å². The van der Waals surface area contributed by atoms with E-state index in [-0.39, 0.29) is 11.9 Å². The van der Waals surface area contributed by atoms with Gasteiger partial charge in [-0.2, -0.15) is 0 Å². The number of para-hydroxylation sites is 1. The summed E-state index contributed by atoms with van der Waals surface area (Å²) in [5, 5.41) is 3.49. The van der Waals surface area contributed by atoms with Crippen LogP contribution in [0, 0.1) is 0 Å². The zero-order chi connectivity index (χ0) is 19.9. The molecule has 0 radical (unpaired) electrons. The lowest BCUT2D eigenvalue weighted by molar-refractivity contribution is -0.121. The number of anilines is 1. The molecule has 5 nitrogen and oxygen atoms in total. The van der Waals surface area contributed by atoms with Crippen LogP contribution in [-0.2, 0) is 11.3 Å². The molecule has 0 spiro atoms. The Morgan fingerprint density at radius 1 is 1.11 bits per heavy atom. The number of hydrogen-bond acceptors (Lipinski definition) is 4. The van der Waals surface area contributed by atoms with E-state index in [1.54, 1.807) is 6.07 Å². The van der Waals surface area contributed by atoms with Gasteiger partial charge in [0.1, 0.15) is 5.75 Å². The molecule has 1 saturated heterocycles. The van der Waals surface area contributed by atoms with Gasteiger partial charge in [0.2, 0.25) is 5.91 Å². The van der Waals surface area contributed by atoms with E-state index in [9.17, 15) is 4.79 Å². The van der Waals surface area contributed by atoms with E-state index in [4.69, 9.17) is 16.3 Å². The summed E-state index contributed by atoms with van der Waals surface area (Å²) in [4.78, 5) is 17.2. The van der Waals surface area contributed by atoms with Crippen LogP contribution in [0.2, 0.25) is 5.02 Å². The standard InChI is InChI=1S/C22H28ClN3O2/c1-3-28-19-10-8-18(9-11-19)16-25-12-14-26(15-13-25)17(2)22(27)24-21-7-5-4-6-20(21)23/h4-11,17H,3,12-16H2,1-2H3,(H,24,27). The number of hydrogen-bond donors (Lipinski definition) is 1. The maximum atomic E-state index is 12.6. The molecule has 1 aliphatic heterocycles. The highest BCUT2D eigenvalue weighted by Gasteiger charge is 2.25. The highest BCUT2D eigenvalue weighted by Crippen LogP contribution is 2.21. The van der Waals surface area contributed by atoms with Crippen LogP contribution in [0.25, 0.3) is 0 Å². The van der Waals surface area contributed by atoms with Gasteiger partial charge in [-0.15, -0.1) is 0 Å². The first-order valence-corrected chi connectivity index (χ1v) is 10.2. The number of ether oxygens (including phenoxy) is 1. The molecule has 150 valence electrons. The molecule has 1 atom stereocenters. The number of rotatable bonds is 7. The monoisotopic (exact) mass is 401 g/mol. The lowest BCUT2D eigenvalue weighted by Crippen LogP contribution is -2.52. The molecule has 1 fully saturated rings. The summed E-state index contributed by atoms with van der Waals surface area (Å²) in [6, 6.07) is 15.4. The van der Waals surface area contributed by atoms with Gasteiger partial charge in [-0.1, -0.05) is 35.9 Å². The van der Waals surface area contributed by atoms with Crippen LogP contribution in [0.15, 0.2) is 48.5 Å². The van der Waals surface area contributed by atoms with E-state index in [0.717, 1.165) is 38.5 Å². The average molecular weight is 402 g/mol. The van der Waals surface area contributed by atoms with Crippen LogP contribution in [0.4, 0.5) is 5.69 Å². The van der Waals surface area contributed by atoms with Gasteiger partial charge in [0.05, 0.1) is 23.4 Å². The number of halogens is 1. The minimum Gasteiger partial charge on any atom is -0.494 e. The molecular weight excluding hydrogens is 374 g/mol. The Kier molecular flexibility index (Phi) is 7.31. The summed E-state index contributed by atoms with van der Waals surface area (Å²) in [5.74, 6) is 0.891. The zero-order valence-corrected chi connectivity index (χ0v) is 17.3. The summed E-state index contributed by atoms with van der Waals surface area (Å²) in [5.41, 5.74) is 1.94. The van der Waals surface area contributed by atoms with Crippen LogP contribution in [-0.4, -0.2) is 54.5 Å². The van der Waals surface area contributed by atoms with Gasteiger partial charge in [-0.25, -0.2) is 0 Å². The molecule has 1 aliphatic rings. The first kappa shape index (κ1) is 20.6. The maximum absolute atomic E-state index is 12.6. The van der Waals surface area contributed by atoms with Gasteiger partial charge in [0.25, 0.3) is 0 Å². The predicted octanol–water partition coefficient (Wildman–Crippen LogP) is 3.88. The second-order valence-electron chi connectivity index (χ2n) is 7.03. The molecule has 1 unspecified atom stereocenters. The van der Waals surface area contributed by atoms with Gasteiger partial charge in [0, 0.05) is 32.7 Å². The Bertz CT molecular complexity index is 774. The van der Waals surface area contributed by atoms with Crippen LogP contribution in [0.5, 0.6) is 5.75 Å². The fourth-order valence-electron chi connectivity index (χ4n) is 3.39. The number of carbonyl (C=O) groups is 1. The average Bonchev–Trinajstić information content (AvgIpc) is 2.71. The lowest BCUT2D eigenvalue weighted by atomic mass is 10.1. The Morgan fingerprint density at radius 2 is 1.79 bits per heavy atom. The third kappa shape index (κ3) is 5.47.